The molecule has 0 aliphatic carbocycles. The van der Waals surface area contributed by atoms with E-state index in [1.165, 1.54) is 0 Å². The van der Waals surface area contributed by atoms with Gasteiger partial charge >= 0.3 is 0 Å². The molecule has 0 aromatic heterocycles. The van der Waals surface area contributed by atoms with Crippen LogP contribution >= 0.6 is 23.2 Å². The van der Waals surface area contributed by atoms with Crippen LogP contribution in [0.1, 0.15) is 12.5 Å². The van der Waals surface area contributed by atoms with Gasteiger partial charge in [0.1, 0.15) is 11.5 Å². The summed E-state index contributed by atoms with van der Waals surface area (Å²) in [5, 5.41) is 4.48. The molecule has 2 rings (SSSR count). The molecule has 0 amide bonds. The lowest BCUT2D eigenvalue weighted by Gasteiger charge is -2.11. The molecule has 0 saturated heterocycles. The van der Waals surface area contributed by atoms with Crippen molar-refractivity contribution in [2.45, 2.75) is 13.5 Å². The van der Waals surface area contributed by atoms with Gasteiger partial charge in [-0.25, -0.2) is 0 Å². The minimum atomic E-state index is 0.576. The molecule has 5 heteroatoms. The summed E-state index contributed by atoms with van der Waals surface area (Å²) in [4.78, 5) is 0. The Morgan fingerprint density at radius 2 is 1.71 bits per heavy atom. The van der Waals surface area contributed by atoms with E-state index in [1.807, 2.05) is 43.3 Å². The molecule has 0 saturated carbocycles. The molecule has 0 unspecified atom stereocenters. The van der Waals surface area contributed by atoms with Gasteiger partial charge in [-0.05, 0) is 42.8 Å². The zero-order valence-corrected chi connectivity index (χ0v) is 13.5. The van der Waals surface area contributed by atoms with E-state index in [0.29, 0.717) is 34.7 Å². The van der Waals surface area contributed by atoms with Crippen molar-refractivity contribution in [2.24, 2.45) is 0 Å². The van der Waals surface area contributed by atoms with Gasteiger partial charge in [0.25, 0.3) is 0 Å². The van der Waals surface area contributed by atoms with Crippen LogP contribution in [0.2, 0.25) is 10.0 Å². The summed E-state index contributed by atoms with van der Waals surface area (Å²) in [6.07, 6.45) is 0. The molecule has 0 fully saturated rings. The third-order valence-corrected chi connectivity index (χ3v) is 3.54. The largest absolute Gasteiger partial charge is 0.495 e. The molecular formula is C16H17Cl2NO2. The van der Waals surface area contributed by atoms with Crippen LogP contribution in [0.25, 0.3) is 0 Å². The number of methoxy groups -OCH3 is 1. The first-order chi connectivity index (χ1) is 10.1. The van der Waals surface area contributed by atoms with Gasteiger partial charge in [0.15, 0.2) is 0 Å². The van der Waals surface area contributed by atoms with Crippen molar-refractivity contribution in [3.63, 3.8) is 0 Å². The van der Waals surface area contributed by atoms with Gasteiger partial charge in [0.05, 0.1) is 23.8 Å². The van der Waals surface area contributed by atoms with Crippen molar-refractivity contribution < 1.29 is 9.47 Å². The fourth-order valence-corrected chi connectivity index (χ4v) is 2.42. The second-order valence-corrected chi connectivity index (χ2v) is 5.22. The number of anilines is 1. The smallest absolute Gasteiger partial charge is 0.137 e. The fraction of sp³-hybridized carbons (Fsp3) is 0.250. The van der Waals surface area contributed by atoms with Crippen molar-refractivity contribution in [3.8, 4) is 11.5 Å². The van der Waals surface area contributed by atoms with Gasteiger partial charge in [-0.1, -0.05) is 29.3 Å². The lowest BCUT2D eigenvalue weighted by atomic mass is 10.2. The molecule has 3 nitrogen and oxygen atoms in total. The van der Waals surface area contributed by atoms with Gasteiger partial charge in [-0.2, -0.15) is 0 Å². The maximum atomic E-state index is 6.16. The Labute approximate surface area is 134 Å². The highest BCUT2D eigenvalue weighted by Gasteiger charge is 2.04. The molecule has 0 radical (unpaired) electrons. The first-order valence-electron chi connectivity index (χ1n) is 6.62. The number of rotatable bonds is 6. The van der Waals surface area contributed by atoms with Crippen molar-refractivity contribution in [2.75, 3.05) is 19.0 Å². The molecule has 112 valence electrons. The first-order valence-corrected chi connectivity index (χ1v) is 7.38. The third kappa shape index (κ3) is 4.19. The lowest BCUT2D eigenvalue weighted by Crippen LogP contribution is -2.00. The molecule has 21 heavy (non-hydrogen) atoms. The Morgan fingerprint density at radius 3 is 2.33 bits per heavy atom. The van der Waals surface area contributed by atoms with Gasteiger partial charge in [0, 0.05) is 12.2 Å². The quantitative estimate of drug-likeness (QED) is 0.809. The number of halogens is 2. The van der Waals surface area contributed by atoms with E-state index in [1.54, 1.807) is 7.11 Å². The zero-order valence-electron chi connectivity index (χ0n) is 12.0. The van der Waals surface area contributed by atoms with Crippen molar-refractivity contribution >= 4 is 28.9 Å². The van der Waals surface area contributed by atoms with E-state index in [2.05, 4.69) is 5.32 Å². The Kier molecular flexibility index (Phi) is 5.59. The predicted octanol–water partition coefficient (Wildman–Crippen LogP) is 5.01. The SMILES string of the molecule is CCOc1ccc(CNc2ccc(OC)c(Cl)c2)cc1Cl. The summed E-state index contributed by atoms with van der Waals surface area (Å²) in [7, 11) is 1.59. The monoisotopic (exact) mass is 325 g/mol. The van der Waals surface area contributed by atoms with E-state index in [4.69, 9.17) is 32.7 Å². The van der Waals surface area contributed by atoms with Crippen molar-refractivity contribution in [1.82, 2.24) is 0 Å². The van der Waals surface area contributed by atoms with Crippen LogP contribution in [0.3, 0.4) is 0 Å². The fourth-order valence-electron chi connectivity index (χ4n) is 1.91. The highest BCUT2D eigenvalue weighted by Crippen LogP contribution is 2.28. The summed E-state index contributed by atoms with van der Waals surface area (Å²) in [6.45, 7) is 3.18. The van der Waals surface area contributed by atoms with Crippen LogP contribution in [0.15, 0.2) is 36.4 Å². The minimum Gasteiger partial charge on any atom is -0.495 e. The third-order valence-electron chi connectivity index (χ3n) is 2.94. The summed E-state index contributed by atoms with van der Waals surface area (Å²) in [5.74, 6) is 1.36. The lowest BCUT2D eigenvalue weighted by molar-refractivity contribution is 0.340. The first kappa shape index (κ1) is 15.8. The molecule has 2 aromatic rings. The van der Waals surface area contributed by atoms with Crippen LogP contribution in [0.4, 0.5) is 5.69 Å². The van der Waals surface area contributed by atoms with E-state index < -0.39 is 0 Å². The normalized spacial score (nSPS) is 10.3. The van der Waals surface area contributed by atoms with Crippen LogP contribution in [-0.4, -0.2) is 13.7 Å². The van der Waals surface area contributed by atoms with E-state index in [9.17, 15) is 0 Å². The van der Waals surface area contributed by atoms with Crippen LogP contribution < -0.4 is 14.8 Å². The highest BCUT2D eigenvalue weighted by molar-refractivity contribution is 6.32. The second kappa shape index (κ2) is 7.43. The van der Waals surface area contributed by atoms with Crippen molar-refractivity contribution in [3.05, 3.63) is 52.0 Å². The molecule has 0 heterocycles. The standard InChI is InChI=1S/C16H17Cl2NO2/c1-3-21-16-6-4-11(8-13(16)17)10-19-12-5-7-15(20-2)14(18)9-12/h4-9,19H,3,10H2,1-2H3. The molecule has 1 N–H and O–H groups in total. The maximum Gasteiger partial charge on any atom is 0.137 e. The van der Waals surface area contributed by atoms with Gasteiger partial charge in [-0.3, -0.25) is 0 Å². The molecular weight excluding hydrogens is 309 g/mol. The van der Waals surface area contributed by atoms with Crippen LogP contribution in [0, 0.1) is 0 Å². The Bertz CT molecular complexity index is 617. The highest BCUT2D eigenvalue weighted by atomic mass is 35.5. The molecule has 0 atom stereocenters. The average Bonchev–Trinajstić information content (AvgIpc) is 2.48. The average molecular weight is 326 g/mol. The van der Waals surface area contributed by atoms with Gasteiger partial charge < -0.3 is 14.8 Å². The summed E-state index contributed by atoms with van der Waals surface area (Å²) in [5.41, 5.74) is 1.99. The summed E-state index contributed by atoms with van der Waals surface area (Å²) < 4.78 is 10.5. The number of hydrogen-bond acceptors (Lipinski definition) is 3. The molecule has 0 aliphatic rings. The second-order valence-electron chi connectivity index (χ2n) is 4.40. The molecule has 0 bridgehead atoms. The molecule has 2 aromatic carbocycles. The van der Waals surface area contributed by atoms with Crippen LogP contribution in [0.5, 0.6) is 11.5 Å². The van der Waals surface area contributed by atoms with Gasteiger partial charge in [0.2, 0.25) is 0 Å². The topological polar surface area (TPSA) is 30.5 Å². The molecule has 0 spiro atoms. The van der Waals surface area contributed by atoms with Crippen molar-refractivity contribution in [1.29, 1.82) is 0 Å². The number of nitrogens with one attached hydrogen (secondary N) is 1. The number of ether oxygens (including phenoxy) is 2. The number of benzene rings is 2. The predicted molar refractivity (Wildman–Crippen MR) is 88.0 cm³/mol. The number of hydrogen-bond donors (Lipinski definition) is 1. The summed E-state index contributed by atoms with van der Waals surface area (Å²) >= 11 is 12.3. The molecule has 0 aliphatic heterocycles. The van der Waals surface area contributed by atoms with E-state index in [-0.39, 0.29) is 0 Å². The van der Waals surface area contributed by atoms with Crippen LogP contribution in [-0.2, 0) is 6.54 Å². The van der Waals surface area contributed by atoms with E-state index >= 15 is 0 Å². The summed E-state index contributed by atoms with van der Waals surface area (Å²) in [6, 6.07) is 11.3. The Morgan fingerprint density at radius 1 is 1.00 bits per heavy atom. The maximum absolute atomic E-state index is 6.16. The van der Waals surface area contributed by atoms with Gasteiger partial charge in [-0.15, -0.1) is 0 Å². The Balaban J connectivity index is 2.02. The minimum absolute atomic E-state index is 0.576. The Hall–Kier alpha value is -1.58. The zero-order chi connectivity index (χ0) is 15.2. The van der Waals surface area contributed by atoms with E-state index in [0.717, 1.165) is 11.3 Å².